The van der Waals surface area contributed by atoms with E-state index in [-0.39, 0.29) is 6.10 Å². The van der Waals surface area contributed by atoms with Gasteiger partial charge >= 0.3 is 0 Å². The zero-order valence-electron chi connectivity index (χ0n) is 10.7. The summed E-state index contributed by atoms with van der Waals surface area (Å²) in [4.78, 5) is 6.00. The van der Waals surface area contributed by atoms with Crippen molar-refractivity contribution in [3.63, 3.8) is 0 Å². The van der Waals surface area contributed by atoms with Crippen LogP contribution in [0.1, 0.15) is 11.3 Å². The van der Waals surface area contributed by atoms with Gasteiger partial charge in [-0.3, -0.25) is 0 Å². The lowest BCUT2D eigenvalue weighted by Gasteiger charge is -2.38. The van der Waals surface area contributed by atoms with Crippen molar-refractivity contribution in [3.8, 4) is 0 Å². The van der Waals surface area contributed by atoms with Gasteiger partial charge in [-0.1, -0.05) is 6.07 Å². The largest absolute Gasteiger partial charge is 0.393 e. The minimum absolute atomic E-state index is 0.215. The molecule has 4 heteroatoms. The van der Waals surface area contributed by atoms with Gasteiger partial charge in [-0.2, -0.15) is 0 Å². The van der Waals surface area contributed by atoms with Gasteiger partial charge in [-0.25, -0.2) is 0 Å². The topological polar surface area (TPSA) is 26.7 Å². The van der Waals surface area contributed by atoms with E-state index in [0.29, 0.717) is 6.04 Å². The van der Waals surface area contributed by atoms with Gasteiger partial charge in [0.1, 0.15) is 0 Å². The van der Waals surface area contributed by atoms with Crippen LogP contribution in [0.5, 0.6) is 0 Å². The number of nitrogens with zero attached hydrogens (tertiary/aromatic N) is 2. The summed E-state index contributed by atoms with van der Waals surface area (Å²) in [5, 5.41) is 12.2. The van der Waals surface area contributed by atoms with E-state index < -0.39 is 0 Å². The Bertz CT molecular complexity index is 328. The Morgan fingerprint density at radius 1 is 1.47 bits per heavy atom. The second-order valence-electron chi connectivity index (χ2n) is 5.07. The molecule has 1 aliphatic rings. The van der Waals surface area contributed by atoms with Crippen molar-refractivity contribution in [1.29, 1.82) is 0 Å². The van der Waals surface area contributed by atoms with Crippen LogP contribution in [0.25, 0.3) is 0 Å². The number of piperazine rings is 1. The Balaban J connectivity index is 1.82. The zero-order valence-corrected chi connectivity index (χ0v) is 11.5. The van der Waals surface area contributed by atoms with Crippen LogP contribution < -0.4 is 0 Å². The SMILES string of the molecule is CN1CCN(C)C(CC(O)Cc2cccs2)C1. The molecule has 2 rings (SSSR count). The molecule has 17 heavy (non-hydrogen) atoms. The molecule has 0 spiro atoms. The molecule has 96 valence electrons. The van der Waals surface area contributed by atoms with Crippen LogP contribution in [0, 0.1) is 0 Å². The van der Waals surface area contributed by atoms with Crippen molar-refractivity contribution in [2.24, 2.45) is 0 Å². The molecule has 0 aromatic carbocycles. The summed E-state index contributed by atoms with van der Waals surface area (Å²) >= 11 is 1.73. The second-order valence-corrected chi connectivity index (χ2v) is 6.10. The summed E-state index contributed by atoms with van der Waals surface area (Å²) < 4.78 is 0. The van der Waals surface area contributed by atoms with Gasteiger partial charge in [0, 0.05) is 37.0 Å². The first-order chi connectivity index (χ1) is 8.15. The Morgan fingerprint density at radius 3 is 3.00 bits per heavy atom. The minimum Gasteiger partial charge on any atom is -0.393 e. The molecular formula is C13H22N2OS. The highest BCUT2D eigenvalue weighted by atomic mass is 32.1. The molecule has 0 radical (unpaired) electrons. The van der Waals surface area contributed by atoms with Crippen molar-refractivity contribution in [1.82, 2.24) is 9.80 Å². The molecule has 0 aliphatic carbocycles. The van der Waals surface area contributed by atoms with E-state index in [1.807, 2.05) is 6.07 Å². The molecule has 3 nitrogen and oxygen atoms in total. The summed E-state index contributed by atoms with van der Waals surface area (Å²) in [6.45, 7) is 3.30. The molecule has 0 saturated carbocycles. The highest BCUT2D eigenvalue weighted by Crippen LogP contribution is 2.17. The Kier molecular flexibility index (Phi) is 4.56. The number of rotatable bonds is 4. The third kappa shape index (κ3) is 3.78. The summed E-state index contributed by atoms with van der Waals surface area (Å²) in [6, 6.07) is 4.64. The van der Waals surface area contributed by atoms with Crippen molar-refractivity contribution < 1.29 is 5.11 Å². The van der Waals surface area contributed by atoms with Gasteiger partial charge < -0.3 is 14.9 Å². The molecule has 2 heterocycles. The monoisotopic (exact) mass is 254 g/mol. The normalized spacial score (nSPS) is 25.0. The Labute approximate surface area is 108 Å². The van der Waals surface area contributed by atoms with E-state index >= 15 is 0 Å². The highest BCUT2D eigenvalue weighted by Gasteiger charge is 2.24. The van der Waals surface area contributed by atoms with E-state index in [4.69, 9.17) is 0 Å². The van der Waals surface area contributed by atoms with Gasteiger partial charge in [0.2, 0.25) is 0 Å². The first-order valence-electron chi connectivity index (χ1n) is 6.24. The molecule has 0 bridgehead atoms. The minimum atomic E-state index is -0.215. The van der Waals surface area contributed by atoms with Crippen LogP contribution in [0.15, 0.2) is 17.5 Å². The van der Waals surface area contributed by atoms with Gasteiger partial charge in [-0.05, 0) is 32.0 Å². The number of aliphatic hydroxyl groups is 1. The number of hydrogen-bond donors (Lipinski definition) is 1. The van der Waals surface area contributed by atoms with E-state index in [1.165, 1.54) is 4.88 Å². The van der Waals surface area contributed by atoms with Crippen LogP contribution in [0.4, 0.5) is 0 Å². The summed E-state index contributed by atoms with van der Waals surface area (Å²) in [5.74, 6) is 0. The molecule has 1 aromatic rings. The highest BCUT2D eigenvalue weighted by molar-refractivity contribution is 7.09. The molecule has 2 unspecified atom stereocenters. The molecule has 1 fully saturated rings. The van der Waals surface area contributed by atoms with Crippen LogP contribution in [-0.2, 0) is 6.42 Å². The van der Waals surface area contributed by atoms with E-state index in [0.717, 1.165) is 32.5 Å². The summed E-state index contributed by atoms with van der Waals surface area (Å²) in [7, 11) is 4.32. The zero-order chi connectivity index (χ0) is 12.3. The van der Waals surface area contributed by atoms with Gasteiger partial charge in [-0.15, -0.1) is 11.3 Å². The summed E-state index contributed by atoms with van der Waals surface area (Å²) in [6.07, 6.45) is 1.46. The Hall–Kier alpha value is -0.420. The molecule has 1 aliphatic heterocycles. The molecular weight excluding hydrogens is 232 g/mol. The van der Waals surface area contributed by atoms with Gasteiger partial charge in [0.05, 0.1) is 6.10 Å². The fourth-order valence-corrected chi connectivity index (χ4v) is 3.19. The molecule has 1 saturated heterocycles. The van der Waals surface area contributed by atoms with Gasteiger partial charge in [0.25, 0.3) is 0 Å². The third-order valence-corrected chi connectivity index (χ3v) is 4.44. The van der Waals surface area contributed by atoms with E-state index in [9.17, 15) is 5.11 Å². The lowest BCUT2D eigenvalue weighted by molar-refractivity contribution is 0.0642. The van der Waals surface area contributed by atoms with E-state index in [1.54, 1.807) is 11.3 Å². The maximum atomic E-state index is 10.1. The maximum Gasteiger partial charge on any atom is 0.0603 e. The van der Waals surface area contributed by atoms with Crippen LogP contribution in [0.2, 0.25) is 0 Å². The quantitative estimate of drug-likeness (QED) is 0.877. The lowest BCUT2D eigenvalue weighted by atomic mass is 10.0. The number of thiophene rings is 1. The van der Waals surface area contributed by atoms with Crippen molar-refractivity contribution in [3.05, 3.63) is 22.4 Å². The van der Waals surface area contributed by atoms with Crippen molar-refractivity contribution in [2.45, 2.75) is 25.0 Å². The van der Waals surface area contributed by atoms with E-state index in [2.05, 4.69) is 35.3 Å². The predicted octanol–water partition coefficient (Wildman–Crippen LogP) is 1.29. The standard InChI is InChI=1S/C13H22N2OS/c1-14-5-6-15(2)11(10-14)8-12(16)9-13-4-3-7-17-13/h3-4,7,11-12,16H,5-6,8-10H2,1-2H3. The summed E-state index contributed by atoms with van der Waals surface area (Å²) in [5.41, 5.74) is 0. The molecule has 1 N–H and O–H groups in total. The lowest BCUT2D eigenvalue weighted by Crippen LogP contribution is -2.51. The fraction of sp³-hybridized carbons (Fsp3) is 0.692. The smallest absolute Gasteiger partial charge is 0.0603 e. The number of likely N-dealkylation sites (N-methyl/N-ethyl adjacent to an activating group) is 2. The van der Waals surface area contributed by atoms with Crippen LogP contribution in [0.3, 0.4) is 0 Å². The average Bonchev–Trinajstić information content (AvgIpc) is 2.76. The second kappa shape index (κ2) is 5.96. The molecule has 0 amide bonds. The van der Waals surface area contributed by atoms with Crippen molar-refractivity contribution >= 4 is 11.3 Å². The van der Waals surface area contributed by atoms with Crippen molar-refractivity contribution in [2.75, 3.05) is 33.7 Å². The third-order valence-electron chi connectivity index (χ3n) is 3.54. The first-order valence-corrected chi connectivity index (χ1v) is 7.12. The number of aliphatic hydroxyl groups excluding tert-OH is 1. The Morgan fingerprint density at radius 2 is 2.29 bits per heavy atom. The number of hydrogen-bond acceptors (Lipinski definition) is 4. The first kappa shape index (κ1) is 13.0. The van der Waals surface area contributed by atoms with Gasteiger partial charge in [0.15, 0.2) is 0 Å². The molecule has 2 atom stereocenters. The fourth-order valence-electron chi connectivity index (χ4n) is 2.41. The van der Waals surface area contributed by atoms with Crippen LogP contribution >= 0.6 is 11.3 Å². The molecule has 1 aromatic heterocycles. The average molecular weight is 254 g/mol. The van der Waals surface area contributed by atoms with Crippen LogP contribution in [-0.4, -0.2) is 60.8 Å². The maximum absolute atomic E-state index is 10.1. The predicted molar refractivity (Wildman–Crippen MR) is 72.6 cm³/mol.